The van der Waals surface area contributed by atoms with Gasteiger partial charge in [-0.3, -0.25) is 10.1 Å². The molecule has 10 heteroatoms. The number of hydrogen-bond acceptors (Lipinski definition) is 5. The number of nitro benzene ring substituents is 1. The standard InChI is InChI=1S/C12H18ClN3O4S.ClH/c1-3-12(14,4-2)8-15-21(19,20)11-7-9(13)5-6-10(11)16(17)18;/h5-7,15H,3-4,8,14H2,1-2H3;1H. The fourth-order valence-electron chi connectivity index (χ4n) is 1.67. The smallest absolute Gasteiger partial charge is 0.289 e. The lowest BCUT2D eigenvalue weighted by molar-refractivity contribution is -0.387. The van der Waals surface area contributed by atoms with Gasteiger partial charge in [0.25, 0.3) is 5.69 Å². The van der Waals surface area contributed by atoms with Crippen LogP contribution in [0.2, 0.25) is 5.02 Å². The highest BCUT2D eigenvalue weighted by Gasteiger charge is 2.29. The van der Waals surface area contributed by atoms with Gasteiger partial charge in [0.05, 0.1) is 4.92 Å². The van der Waals surface area contributed by atoms with Crippen LogP contribution in [-0.4, -0.2) is 25.4 Å². The van der Waals surface area contributed by atoms with Crippen molar-refractivity contribution in [2.75, 3.05) is 6.54 Å². The zero-order valence-electron chi connectivity index (χ0n) is 12.2. The van der Waals surface area contributed by atoms with Crippen molar-refractivity contribution in [2.24, 2.45) is 5.73 Å². The van der Waals surface area contributed by atoms with Gasteiger partial charge in [-0.25, -0.2) is 13.1 Å². The van der Waals surface area contributed by atoms with E-state index in [9.17, 15) is 18.5 Å². The summed E-state index contributed by atoms with van der Waals surface area (Å²) in [6, 6.07) is 3.38. The molecular formula is C12H19Cl2N3O4S. The molecule has 0 bridgehead atoms. The van der Waals surface area contributed by atoms with E-state index < -0.39 is 31.1 Å². The summed E-state index contributed by atoms with van der Waals surface area (Å²) in [5, 5.41) is 11.0. The van der Waals surface area contributed by atoms with E-state index in [1.54, 1.807) is 0 Å². The zero-order chi connectivity index (χ0) is 16.3. The van der Waals surface area contributed by atoms with Crippen molar-refractivity contribution in [3.05, 3.63) is 33.3 Å². The highest BCUT2D eigenvalue weighted by Crippen LogP contribution is 2.27. The van der Waals surface area contributed by atoms with E-state index in [0.717, 1.165) is 12.1 Å². The van der Waals surface area contributed by atoms with Crippen molar-refractivity contribution in [1.29, 1.82) is 0 Å². The van der Waals surface area contributed by atoms with Crippen LogP contribution >= 0.6 is 24.0 Å². The second-order valence-electron chi connectivity index (χ2n) is 4.76. The lowest BCUT2D eigenvalue weighted by Gasteiger charge is -2.26. The molecule has 0 amide bonds. The third-order valence-corrected chi connectivity index (χ3v) is 5.10. The van der Waals surface area contributed by atoms with E-state index in [0.29, 0.717) is 12.8 Å². The molecule has 0 unspecified atom stereocenters. The van der Waals surface area contributed by atoms with E-state index in [2.05, 4.69) is 4.72 Å². The summed E-state index contributed by atoms with van der Waals surface area (Å²) in [4.78, 5) is 9.71. The number of rotatable bonds is 7. The van der Waals surface area contributed by atoms with Crippen LogP contribution in [0.1, 0.15) is 26.7 Å². The Bertz CT molecular complexity index is 633. The second-order valence-corrected chi connectivity index (χ2v) is 6.93. The maximum Gasteiger partial charge on any atom is 0.289 e. The first-order chi connectivity index (χ1) is 9.65. The van der Waals surface area contributed by atoms with Crippen molar-refractivity contribution in [3.63, 3.8) is 0 Å². The molecule has 0 fully saturated rings. The Hall–Kier alpha value is -0.930. The van der Waals surface area contributed by atoms with E-state index >= 15 is 0 Å². The maximum absolute atomic E-state index is 12.3. The summed E-state index contributed by atoms with van der Waals surface area (Å²) in [5.74, 6) is 0. The molecule has 1 aromatic rings. The van der Waals surface area contributed by atoms with Gasteiger partial charge in [-0.05, 0) is 25.0 Å². The Labute approximate surface area is 140 Å². The van der Waals surface area contributed by atoms with Crippen LogP contribution in [0.4, 0.5) is 5.69 Å². The van der Waals surface area contributed by atoms with Crippen molar-refractivity contribution in [1.82, 2.24) is 4.72 Å². The Balaban J connectivity index is 0.00000441. The SMILES string of the molecule is CCC(N)(CC)CNS(=O)(=O)c1cc(Cl)ccc1[N+](=O)[O-].Cl. The zero-order valence-corrected chi connectivity index (χ0v) is 14.6. The van der Waals surface area contributed by atoms with Gasteiger partial charge < -0.3 is 5.73 Å². The molecule has 3 N–H and O–H groups in total. The molecule has 0 aliphatic carbocycles. The van der Waals surface area contributed by atoms with Crippen LogP contribution in [0, 0.1) is 10.1 Å². The number of nitrogens with one attached hydrogen (secondary N) is 1. The van der Waals surface area contributed by atoms with Gasteiger partial charge in [-0.15, -0.1) is 12.4 Å². The molecule has 0 aromatic heterocycles. The first kappa shape index (κ1) is 21.1. The first-order valence-corrected chi connectivity index (χ1v) is 8.24. The fraction of sp³-hybridized carbons (Fsp3) is 0.500. The van der Waals surface area contributed by atoms with Gasteiger partial charge in [-0.1, -0.05) is 25.4 Å². The maximum atomic E-state index is 12.3. The quantitative estimate of drug-likeness (QED) is 0.564. The Kier molecular flexibility index (Phi) is 7.73. The molecule has 7 nitrogen and oxygen atoms in total. The van der Waals surface area contributed by atoms with E-state index in [-0.39, 0.29) is 24.0 Å². The normalized spacial score (nSPS) is 11.8. The summed E-state index contributed by atoms with van der Waals surface area (Å²) < 4.78 is 26.8. The molecule has 0 spiro atoms. The number of hydrogen-bond donors (Lipinski definition) is 2. The van der Waals surface area contributed by atoms with Gasteiger partial charge in [-0.2, -0.15) is 0 Å². The molecule has 0 saturated carbocycles. The van der Waals surface area contributed by atoms with Gasteiger partial charge >= 0.3 is 0 Å². The number of nitrogens with two attached hydrogens (primary N) is 1. The summed E-state index contributed by atoms with van der Waals surface area (Å²) in [7, 11) is -4.07. The molecule has 0 aliphatic heterocycles. The van der Waals surface area contributed by atoms with E-state index in [4.69, 9.17) is 17.3 Å². The van der Waals surface area contributed by atoms with Crippen LogP contribution in [-0.2, 0) is 10.0 Å². The van der Waals surface area contributed by atoms with Crippen molar-refractivity contribution < 1.29 is 13.3 Å². The van der Waals surface area contributed by atoms with Gasteiger partial charge in [0.1, 0.15) is 0 Å². The Morgan fingerprint density at radius 1 is 1.36 bits per heavy atom. The van der Waals surface area contributed by atoms with E-state index in [1.807, 2.05) is 13.8 Å². The fourth-order valence-corrected chi connectivity index (χ4v) is 3.24. The summed E-state index contributed by atoms with van der Waals surface area (Å²) in [5.41, 5.74) is 4.80. The Morgan fingerprint density at radius 2 is 1.91 bits per heavy atom. The highest BCUT2D eigenvalue weighted by atomic mass is 35.5. The van der Waals surface area contributed by atoms with Gasteiger partial charge in [0.2, 0.25) is 10.0 Å². The molecule has 0 radical (unpaired) electrons. The molecule has 0 atom stereocenters. The Morgan fingerprint density at radius 3 is 2.36 bits per heavy atom. The van der Waals surface area contributed by atoms with Crippen molar-refractivity contribution in [2.45, 2.75) is 37.1 Å². The molecule has 0 aliphatic rings. The molecule has 22 heavy (non-hydrogen) atoms. The van der Waals surface area contributed by atoms with Crippen LogP contribution in [0.25, 0.3) is 0 Å². The highest BCUT2D eigenvalue weighted by molar-refractivity contribution is 7.89. The molecule has 1 aromatic carbocycles. The van der Waals surface area contributed by atoms with Crippen molar-refractivity contribution in [3.8, 4) is 0 Å². The third kappa shape index (κ3) is 5.06. The lowest BCUT2D eigenvalue weighted by atomic mass is 9.95. The van der Waals surface area contributed by atoms with Crippen LogP contribution < -0.4 is 10.5 Å². The number of nitrogens with zero attached hydrogens (tertiary/aromatic N) is 1. The predicted molar refractivity (Wildman–Crippen MR) is 88.0 cm³/mol. The minimum absolute atomic E-state index is 0. The lowest BCUT2D eigenvalue weighted by Crippen LogP contribution is -2.49. The van der Waals surface area contributed by atoms with Gasteiger partial charge in [0.15, 0.2) is 4.90 Å². The summed E-state index contributed by atoms with van der Waals surface area (Å²) >= 11 is 5.73. The van der Waals surface area contributed by atoms with Gasteiger partial charge in [0, 0.05) is 23.2 Å². The number of nitro groups is 1. The van der Waals surface area contributed by atoms with Crippen LogP contribution in [0.15, 0.2) is 23.1 Å². The largest absolute Gasteiger partial charge is 0.324 e. The van der Waals surface area contributed by atoms with Crippen LogP contribution in [0.5, 0.6) is 0 Å². The molecule has 126 valence electrons. The molecule has 1 rings (SSSR count). The topological polar surface area (TPSA) is 115 Å². The second kappa shape index (κ2) is 8.07. The minimum atomic E-state index is -4.07. The predicted octanol–water partition coefficient (Wildman–Crippen LogP) is 2.47. The number of benzene rings is 1. The minimum Gasteiger partial charge on any atom is -0.324 e. The number of sulfonamides is 1. The average molecular weight is 372 g/mol. The monoisotopic (exact) mass is 371 g/mol. The third-order valence-electron chi connectivity index (χ3n) is 3.43. The molecule has 0 saturated heterocycles. The van der Waals surface area contributed by atoms with Crippen LogP contribution in [0.3, 0.4) is 0 Å². The summed E-state index contributed by atoms with van der Waals surface area (Å²) in [6.45, 7) is 3.69. The average Bonchev–Trinajstić information content (AvgIpc) is 2.44. The summed E-state index contributed by atoms with van der Waals surface area (Å²) in [6.07, 6.45) is 1.15. The first-order valence-electron chi connectivity index (χ1n) is 6.37. The molecular weight excluding hydrogens is 353 g/mol. The number of halogens is 2. The van der Waals surface area contributed by atoms with E-state index in [1.165, 1.54) is 6.07 Å². The van der Waals surface area contributed by atoms with Crippen molar-refractivity contribution >= 4 is 39.7 Å². The molecule has 0 heterocycles.